The summed E-state index contributed by atoms with van der Waals surface area (Å²) >= 11 is 6.16. The summed E-state index contributed by atoms with van der Waals surface area (Å²) in [6.07, 6.45) is 5.39. The molecule has 0 saturated carbocycles. The van der Waals surface area contributed by atoms with E-state index >= 15 is 0 Å². The first-order valence-electron chi connectivity index (χ1n) is 8.99. The van der Waals surface area contributed by atoms with Gasteiger partial charge in [-0.2, -0.15) is 0 Å². The van der Waals surface area contributed by atoms with Crippen molar-refractivity contribution in [3.63, 3.8) is 0 Å². The maximum atomic E-state index is 12.9. The Hall–Kier alpha value is -1.65. The number of fused-ring (bicyclic) bond motifs is 1. The zero-order chi connectivity index (χ0) is 17.8. The minimum atomic E-state index is 0.184. The molecule has 0 N–H and O–H groups in total. The molecule has 4 nitrogen and oxygen atoms in total. The minimum Gasteiger partial charge on any atom is -0.497 e. The summed E-state index contributed by atoms with van der Waals surface area (Å²) in [7, 11) is 1.63. The second-order valence-electron chi connectivity index (χ2n) is 6.79. The number of benzene rings is 1. The predicted molar refractivity (Wildman–Crippen MR) is 101 cm³/mol. The van der Waals surface area contributed by atoms with Crippen LogP contribution < -0.4 is 4.74 Å². The maximum Gasteiger partial charge on any atom is 0.163 e. The maximum absolute atomic E-state index is 12.9. The monoisotopic (exact) mass is 360 g/mol. The Labute approximate surface area is 154 Å². The van der Waals surface area contributed by atoms with Crippen molar-refractivity contribution < 1.29 is 9.53 Å². The van der Waals surface area contributed by atoms with Gasteiger partial charge in [0.15, 0.2) is 5.78 Å². The van der Waals surface area contributed by atoms with Crippen molar-refractivity contribution in [1.82, 2.24) is 9.40 Å². The quantitative estimate of drug-likeness (QED) is 0.552. The van der Waals surface area contributed by atoms with Crippen LogP contribution in [0.3, 0.4) is 0 Å². The molecule has 0 unspecified atom stereocenters. The smallest absolute Gasteiger partial charge is 0.163 e. The van der Waals surface area contributed by atoms with E-state index in [2.05, 4.69) is 11.9 Å². The molecule has 1 aromatic carbocycles. The zero-order valence-electron chi connectivity index (χ0n) is 14.9. The number of methoxy groups -OCH3 is 1. The molecule has 1 aliphatic rings. The lowest BCUT2D eigenvalue weighted by Gasteiger charge is -2.34. The molecule has 0 amide bonds. The number of aromatic nitrogens is 1. The number of ether oxygens (including phenoxy) is 1. The minimum absolute atomic E-state index is 0.184. The number of nitrogens with zero attached hydrogens (tertiary/aromatic N) is 2. The van der Waals surface area contributed by atoms with Crippen molar-refractivity contribution in [2.24, 2.45) is 11.8 Å². The number of ketones is 1. The van der Waals surface area contributed by atoms with E-state index in [1.807, 2.05) is 28.7 Å². The van der Waals surface area contributed by atoms with E-state index in [4.69, 9.17) is 16.5 Å². The first kappa shape index (κ1) is 18.2. The first-order chi connectivity index (χ1) is 12.1. The second kappa shape index (κ2) is 8.15. The summed E-state index contributed by atoms with van der Waals surface area (Å²) in [5.41, 5.74) is 1.57. The Morgan fingerprint density at radius 2 is 2.20 bits per heavy atom. The van der Waals surface area contributed by atoms with E-state index < -0.39 is 0 Å². The van der Waals surface area contributed by atoms with Gasteiger partial charge in [-0.15, -0.1) is 0 Å². The van der Waals surface area contributed by atoms with Gasteiger partial charge in [-0.05, 0) is 60.7 Å². The van der Waals surface area contributed by atoms with Gasteiger partial charge in [0.2, 0.25) is 0 Å². The van der Waals surface area contributed by atoms with Gasteiger partial charge in [-0.25, -0.2) is 4.42 Å². The highest BCUT2D eigenvalue weighted by atomic mass is 35.5. The topological polar surface area (TPSA) is 42.4 Å². The lowest BCUT2D eigenvalue weighted by atomic mass is 9.81. The van der Waals surface area contributed by atoms with Crippen LogP contribution in [0.4, 0.5) is 0 Å². The molecule has 2 aromatic rings. The van der Waals surface area contributed by atoms with Crippen LogP contribution in [-0.2, 0) is 0 Å². The van der Waals surface area contributed by atoms with Gasteiger partial charge in [-0.1, -0.05) is 13.3 Å². The van der Waals surface area contributed by atoms with Crippen molar-refractivity contribution in [1.29, 1.82) is 0 Å². The number of rotatable bonds is 6. The van der Waals surface area contributed by atoms with Crippen molar-refractivity contribution in [2.75, 3.05) is 20.2 Å². The fourth-order valence-corrected chi connectivity index (χ4v) is 4.10. The number of Topliss-reactive ketones (excluding diaryl/α,β-unsaturated/α-hetero) is 1. The molecule has 5 heteroatoms. The molecule has 0 spiro atoms. The number of hydrogen-bond donors (Lipinski definition) is 0. The Bertz CT molecular complexity index is 750. The van der Waals surface area contributed by atoms with Crippen molar-refractivity contribution in [3.8, 4) is 5.75 Å². The summed E-state index contributed by atoms with van der Waals surface area (Å²) in [5.74, 6) is 2.08. The van der Waals surface area contributed by atoms with Gasteiger partial charge >= 0.3 is 0 Å². The zero-order valence-corrected chi connectivity index (χ0v) is 15.6. The molecule has 0 bridgehead atoms. The Morgan fingerprint density at radius 1 is 1.36 bits per heavy atom. The van der Waals surface area contributed by atoms with Crippen molar-refractivity contribution >= 4 is 28.5 Å². The Balaban J connectivity index is 1.74. The van der Waals surface area contributed by atoms with Crippen LogP contribution in [0.2, 0.25) is 0 Å². The molecule has 1 saturated heterocycles. The highest BCUT2D eigenvalue weighted by molar-refractivity contribution is 6.13. The van der Waals surface area contributed by atoms with Gasteiger partial charge < -0.3 is 4.74 Å². The molecular formula is C20H25ClN2O2. The second-order valence-corrected chi connectivity index (χ2v) is 7.27. The molecule has 3 rings (SSSR count). The fraction of sp³-hybridized carbons (Fsp3) is 0.500. The molecule has 25 heavy (non-hydrogen) atoms. The fourth-order valence-electron chi connectivity index (χ4n) is 3.83. The van der Waals surface area contributed by atoms with Crippen LogP contribution in [0.5, 0.6) is 5.75 Å². The van der Waals surface area contributed by atoms with Crippen molar-refractivity contribution in [3.05, 3.63) is 36.0 Å². The number of hydrogen-bond acceptors (Lipinski definition) is 4. The van der Waals surface area contributed by atoms with E-state index in [0.717, 1.165) is 54.6 Å². The molecule has 134 valence electrons. The molecule has 0 aliphatic carbocycles. The van der Waals surface area contributed by atoms with E-state index in [9.17, 15) is 4.79 Å². The van der Waals surface area contributed by atoms with Crippen molar-refractivity contribution in [2.45, 2.75) is 32.6 Å². The molecule has 1 aromatic heterocycles. The number of piperidine rings is 1. The normalized spacial score (nSPS) is 21.4. The Morgan fingerprint density at radius 3 is 2.96 bits per heavy atom. The molecule has 1 aliphatic heterocycles. The third-order valence-corrected chi connectivity index (χ3v) is 5.66. The molecule has 0 radical (unpaired) electrons. The summed E-state index contributed by atoms with van der Waals surface area (Å²) in [4.78, 5) is 17.2. The molecule has 2 atom stereocenters. The standard InChI is InChI=1S/C20H25ClN2O2/c1-3-14-13-23(21)11-9-15(14)4-7-20(24)17-8-10-22-19-6-5-16(25-2)12-18(17)19/h5-6,8,10,12,14-15H,3-4,7,9,11,13H2,1-2H3/t14-,15+/m0/s1. The van der Waals surface area contributed by atoms with E-state index in [1.54, 1.807) is 13.3 Å². The first-order valence-corrected chi connectivity index (χ1v) is 9.32. The molecule has 1 fully saturated rings. The third kappa shape index (κ3) is 4.13. The summed E-state index contributed by atoms with van der Waals surface area (Å²) in [5, 5.41) is 0.870. The predicted octanol–water partition coefficient (Wildman–Crippen LogP) is 4.71. The number of pyridine rings is 1. The van der Waals surface area contributed by atoms with Gasteiger partial charge in [0.25, 0.3) is 0 Å². The third-order valence-electron chi connectivity index (χ3n) is 5.36. The van der Waals surface area contributed by atoms with Crippen LogP contribution >= 0.6 is 11.8 Å². The number of halogens is 1. The van der Waals surface area contributed by atoms with Crippen LogP contribution in [-0.4, -0.2) is 35.4 Å². The van der Waals surface area contributed by atoms with Crippen LogP contribution in [0.1, 0.15) is 43.0 Å². The van der Waals surface area contributed by atoms with Crippen LogP contribution in [0.15, 0.2) is 30.5 Å². The number of carbonyl (C=O) groups is 1. The van der Waals surface area contributed by atoms with Crippen LogP contribution in [0.25, 0.3) is 10.9 Å². The highest BCUT2D eigenvalue weighted by Gasteiger charge is 2.27. The van der Waals surface area contributed by atoms with Gasteiger partial charge in [0.1, 0.15) is 5.75 Å². The van der Waals surface area contributed by atoms with E-state index in [-0.39, 0.29) is 5.78 Å². The highest BCUT2D eigenvalue weighted by Crippen LogP contribution is 2.32. The number of carbonyl (C=O) groups excluding carboxylic acids is 1. The largest absolute Gasteiger partial charge is 0.497 e. The van der Waals surface area contributed by atoms with Crippen LogP contribution in [0, 0.1) is 11.8 Å². The van der Waals surface area contributed by atoms with Gasteiger partial charge in [0.05, 0.1) is 12.6 Å². The van der Waals surface area contributed by atoms with Gasteiger partial charge in [0, 0.05) is 36.7 Å². The average Bonchev–Trinajstić information content (AvgIpc) is 2.65. The van der Waals surface area contributed by atoms with E-state index in [1.165, 1.54) is 0 Å². The molecular weight excluding hydrogens is 336 g/mol. The SMILES string of the molecule is CC[C@H]1CN(Cl)CC[C@H]1CCC(=O)c1ccnc2ccc(OC)cc12. The summed E-state index contributed by atoms with van der Waals surface area (Å²) < 4.78 is 7.18. The lowest BCUT2D eigenvalue weighted by Crippen LogP contribution is -2.35. The molecule has 2 heterocycles. The summed E-state index contributed by atoms with van der Waals surface area (Å²) in [6.45, 7) is 4.04. The lowest BCUT2D eigenvalue weighted by molar-refractivity contribution is 0.0954. The van der Waals surface area contributed by atoms with Gasteiger partial charge in [-0.3, -0.25) is 9.78 Å². The average molecular weight is 361 g/mol. The Kier molecular flexibility index (Phi) is 5.92. The van der Waals surface area contributed by atoms with E-state index in [0.29, 0.717) is 18.3 Å². The summed E-state index contributed by atoms with van der Waals surface area (Å²) in [6, 6.07) is 7.49.